The maximum atomic E-state index is 13.3. The summed E-state index contributed by atoms with van der Waals surface area (Å²) < 4.78 is 13.8. The molecule has 0 radical (unpaired) electrons. The van der Waals surface area contributed by atoms with Crippen molar-refractivity contribution >= 4 is 15.9 Å². The van der Waals surface area contributed by atoms with Gasteiger partial charge in [0.05, 0.1) is 4.47 Å². The third kappa shape index (κ3) is 4.04. The van der Waals surface area contributed by atoms with Crippen LogP contribution < -0.4 is 11.1 Å². The highest BCUT2D eigenvalue weighted by Gasteiger charge is 2.17. The zero-order valence-electron chi connectivity index (χ0n) is 10.5. The van der Waals surface area contributed by atoms with Gasteiger partial charge in [0.25, 0.3) is 0 Å². The fraction of sp³-hybridized carbons (Fsp3) is 0.571. The molecule has 0 aromatic heterocycles. The zero-order valence-corrected chi connectivity index (χ0v) is 12.0. The van der Waals surface area contributed by atoms with Crippen molar-refractivity contribution in [2.24, 2.45) is 11.7 Å². The lowest BCUT2D eigenvalue weighted by Gasteiger charge is -2.26. The van der Waals surface area contributed by atoms with Gasteiger partial charge < -0.3 is 11.1 Å². The van der Waals surface area contributed by atoms with E-state index in [4.69, 9.17) is 5.73 Å². The van der Waals surface area contributed by atoms with Crippen LogP contribution in [0.5, 0.6) is 0 Å². The van der Waals surface area contributed by atoms with Crippen LogP contribution in [0.1, 0.15) is 31.2 Å². The van der Waals surface area contributed by atoms with Gasteiger partial charge in [-0.2, -0.15) is 0 Å². The molecule has 18 heavy (non-hydrogen) atoms. The highest BCUT2D eigenvalue weighted by Crippen LogP contribution is 2.22. The SMILES string of the molecule is NC1CCC(CNCc2ccc(Br)c(F)c2)CC1. The lowest BCUT2D eigenvalue weighted by molar-refractivity contribution is 0.314. The van der Waals surface area contributed by atoms with E-state index in [2.05, 4.69) is 21.2 Å². The molecule has 0 bridgehead atoms. The van der Waals surface area contributed by atoms with E-state index in [9.17, 15) is 4.39 Å². The molecule has 0 saturated heterocycles. The lowest BCUT2D eigenvalue weighted by atomic mass is 9.86. The van der Waals surface area contributed by atoms with Crippen molar-refractivity contribution in [3.8, 4) is 0 Å². The smallest absolute Gasteiger partial charge is 0.137 e. The van der Waals surface area contributed by atoms with Gasteiger partial charge in [0.2, 0.25) is 0 Å². The Morgan fingerprint density at radius 2 is 2.00 bits per heavy atom. The predicted molar refractivity (Wildman–Crippen MR) is 75.7 cm³/mol. The Balaban J connectivity index is 1.73. The second-order valence-electron chi connectivity index (χ2n) is 5.16. The normalized spacial score (nSPS) is 24.2. The first-order valence-electron chi connectivity index (χ1n) is 6.55. The third-order valence-electron chi connectivity index (χ3n) is 3.64. The van der Waals surface area contributed by atoms with Crippen molar-refractivity contribution in [3.05, 3.63) is 34.1 Å². The summed E-state index contributed by atoms with van der Waals surface area (Å²) in [5.41, 5.74) is 6.87. The first kappa shape index (κ1) is 14.0. The molecular formula is C14H20BrFN2. The molecule has 1 fully saturated rings. The number of nitrogens with two attached hydrogens (primary N) is 1. The molecule has 100 valence electrons. The van der Waals surface area contributed by atoms with Gasteiger partial charge in [0.15, 0.2) is 0 Å². The van der Waals surface area contributed by atoms with Crippen LogP contribution in [0.4, 0.5) is 4.39 Å². The quantitative estimate of drug-likeness (QED) is 0.895. The average Bonchev–Trinajstić information content (AvgIpc) is 2.36. The van der Waals surface area contributed by atoms with Gasteiger partial charge in [-0.25, -0.2) is 4.39 Å². The zero-order chi connectivity index (χ0) is 13.0. The molecule has 2 rings (SSSR count). The Labute approximate surface area is 116 Å². The van der Waals surface area contributed by atoms with Crippen molar-refractivity contribution in [1.29, 1.82) is 0 Å². The summed E-state index contributed by atoms with van der Waals surface area (Å²) in [5, 5.41) is 3.41. The Morgan fingerprint density at radius 3 is 2.67 bits per heavy atom. The number of rotatable bonds is 4. The second-order valence-corrected chi connectivity index (χ2v) is 6.01. The highest BCUT2D eigenvalue weighted by atomic mass is 79.9. The predicted octanol–water partition coefficient (Wildman–Crippen LogP) is 3.20. The Morgan fingerprint density at radius 1 is 1.28 bits per heavy atom. The molecule has 2 nitrogen and oxygen atoms in total. The van der Waals surface area contributed by atoms with E-state index < -0.39 is 0 Å². The van der Waals surface area contributed by atoms with Gasteiger partial charge in [0.1, 0.15) is 5.82 Å². The number of nitrogens with one attached hydrogen (secondary N) is 1. The largest absolute Gasteiger partial charge is 0.328 e. The fourth-order valence-corrected chi connectivity index (χ4v) is 2.71. The summed E-state index contributed by atoms with van der Waals surface area (Å²) in [6.07, 6.45) is 4.70. The molecule has 4 heteroatoms. The summed E-state index contributed by atoms with van der Waals surface area (Å²) in [4.78, 5) is 0. The number of halogens is 2. The summed E-state index contributed by atoms with van der Waals surface area (Å²) in [7, 11) is 0. The molecule has 1 aliphatic carbocycles. The van der Waals surface area contributed by atoms with Crippen molar-refractivity contribution in [2.45, 2.75) is 38.3 Å². The molecule has 0 atom stereocenters. The van der Waals surface area contributed by atoms with Crippen molar-refractivity contribution in [2.75, 3.05) is 6.54 Å². The Bertz CT molecular complexity index is 389. The monoisotopic (exact) mass is 314 g/mol. The molecule has 0 heterocycles. The van der Waals surface area contributed by atoms with Gasteiger partial charge >= 0.3 is 0 Å². The van der Waals surface area contributed by atoms with Crippen molar-refractivity contribution < 1.29 is 4.39 Å². The van der Waals surface area contributed by atoms with Crippen LogP contribution in [0.15, 0.2) is 22.7 Å². The van der Waals surface area contributed by atoms with E-state index >= 15 is 0 Å². The maximum absolute atomic E-state index is 13.3. The van der Waals surface area contributed by atoms with Crippen LogP contribution in [-0.2, 0) is 6.54 Å². The number of hydrogen-bond acceptors (Lipinski definition) is 2. The molecule has 1 aliphatic rings. The van der Waals surface area contributed by atoms with Gasteiger partial charge in [0, 0.05) is 12.6 Å². The summed E-state index contributed by atoms with van der Waals surface area (Å²) in [6, 6.07) is 5.68. The van der Waals surface area contributed by atoms with Crippen LogP contribution in [0.25, 0.3) is 0 Å². The maximum Gasteiger partial charge on any atom is 0.137 e. The molecule has 1 aromatic carbocycles. The second kappa shape index (κ2) is 6.64. The van der Waals surface area contributed by atoms with E-state index in [-0.39, 0.29) is 5.82 Å². The first-order chi connectivity index (χ1) is 8.65. The summed E-state index contributed by atoms with van der Waals surface area (Å²) >= 11 is 3.16. The Kier molecular flexibility index (Phi) is 5.15. The first-order valence-corrected chi connectivity index (χ1v) is 7.34. The van der Waals surface area contributed by atoms with Crippen molar-refractivity contribution in [1.82, 2.24) is 5.32 Å². The number of hydrogen-bond donors (Lipinski definition) is 2. The van der Waals surface area contributed by atoms with Crippen molar-refractivity contribution in [3.63, 3.8) is 0 Å². The van der Waals surface area contributed by atoms with E-state index in [0.717, 1.165) is 37.4 Å². The molecule has 0 aliphatic heterocycles. The fourth-order valence-electron chi connectivity index (χ4n) is 2.46. The molecule has 0 unspecified atom stereocenters. The minimum Gasteiger partial charge on any atom is -0.328 e. The third-order valence-corrected chi connectivity index (χ3v) is 4.28. The van der Waals surface area contributed by atoms with E-state index in [1.165, 1.54) is 12.8 Å². The molecule has 0 amide bonds. The van der Waals surface area contributed by atoms with Crippen LogP contribution in [0.3, 0.4) is 0 Å². The highest BCUT2D eigenvalue weighted by molar-refractivity contribution is 9.10. The van der Waals surface area contributed by atoms with Gasteiger partial charge in [-0.3, -0.25) is 0 Å². The Hall–Kier alpha value is -0.450. The van der Waals surface area contributed by atoms with E-state index in [0.29, 0.717) is 10.5 Å². The summed E-state index contributed by atoms with van der Waals surface area (Å²) in [5.74, 6) is 0.531. The molecule has 1 aromatic rings. The van der Waals surface area contributed by atoms with Gasteiger partial charge in [-0.1, -0.05) is 6.07 Å². The lowest BCUT2D eigenvalue weighted by Crippen LogP contribution is -2.31. The van der Waals surface area contributed by atoms with Crippen LogP contribution in [0, 0.1) is 11.7 Å². The number of benzene rings is 1. The standard InChI is InChI=1S/C14H20BrFN2/c15-13-6-3-11(7-14(13)16)9-18-8-10-1-4-12(17)5-2-10/h3,6-7,10,12,18H,1-2,4-5,8-9,17H2. The van der Waals surface area contributed by atoms with Crippen LogP contribution in [0.2, 0.25) is 0 Å². The topological polar surface area (TPSA) is 38.0 Å². The minimum atomic E-state index is -0.196. The molecular weight excluding hydrogens is 295 g/mol. The van der Waals surface area contributed by atoms with Gasteiger partial charge in [-0.15, -0.1) is 0 Å². The average molecular weight is 315 g/mol. The van der Waals surface area contributed by atoms with E-state index in [1.807, 2.05) is 6.07 Å². The molecule has 1 saturated carbocycles. The van der Waals surface area contributed by atoms with Crippen LogP contribution >= 0.6 is 15.9 Å². The minimum absolute atomic E-state index is 0.196. The van der Waals surface area contributed by atoms with Crippen LogP contribution in [-0.4, -0.2) is 12.6 Å². The molecule has 3 N–H and O–H groups in total. The van der Waals surface area contributed by atoms with Gasteiger partial charge in [-0.05, 0) is 71.8 Å². The van der Waals surface area contributed by atoms with E-state index in [1.54, 1.807) is 12.1 Å². The molecule has 0 spiro atoms. The summed E-state index contributed by atoms with van der Waals surface area (Å²) in [6.45, 7) is 1.73.